The first-order valence-electron chi connectivity index (χ1n) is 29.7. The summed E-state index contributed by atoms with van der Waals surface area (Å²) < 4.78 is 7.65. The van der Waals surface area contributed by atoms with Crippen LogP contribution in [-0.4, -0.2) is 6.71 Å². The van der Waals surface area contributed by atoms with E-state index in [-0.39, 0.29) is 39.2 Å². The number of anilines is 9. The highest BCUT2D eigenvalue weighted by atomic mass is 16.3. The second kappa shape index (κ2) is 16.9. The van der Waals surface area contributed by atoms with E-state index in [0.29, 0.717) is 0 Å². The first kappa shape index (κ1) is 50.9. The number of rotatable bonds is 4. The number of nitrogens with zero attached hydrogens (tertiary/aromatic N) is 3. The minimum absolute atomic E-state index is 0.00988. The van der Waals surface area contributed by atoms with E-state index in [0.717, 1.165) is 70.7 Å². The molecule has 1 unspecified atom stereocenters. The van der Waals surface area contributed by atoms with Crippen LogP contribution in [0.5, 0.6) is 0 Å². The van der Waals surface area contributed by atoms with E-state index in [1.54, 1.807) is 0 Å². The van der Waals surface area contributed by atoms with Crippen molar-refractivity contribution in [2.45, 2.75) is 162 Å². The van der Waals surface area contributed by atoms with Gasteiger partial charge in [-0.2, -0.15) is 0 Å². The SMILES string of the molecule is Cc1ccc(N(c2ccc(C)cc2)c2cc3c4c(c2)N(c2ccc(C(C)(C)C)cc2)c2c(oc5ccc(C(C)(C)C)cc25)B4c2cc4c5cc2N3c2cc3c(cc2-c2cccc(c2)C5(C)CCC4(C)C)C(C)(C)CCC3(C)C)cc1. The second-order valence-electron chi connectivity index (χ2n) is 29.0. The lowest BCUT2D eigenvalue weighted by molar-refractivity contribution is 0.332. The highest BCUT2D eigenvalue weighted by Crippen LogP contribution is 2.58. The van der Waals surface area contributed by atoms with E-state index < -0.39 is 0 Å². The first-order valence-corrected chi connectivity index (χ1v) is 29.7. The lowest BCUT2D eigenvalue weighted by Crippen LogP contribution is -2.61. The Hall–Kier alpha value is -7.24. The Balaban J connectivity index is 1.19. The average molecular weight is 1050 g/mol. The van der Waals surface area contributed by atoms with Crippen LogP contribution in [0, 0.1) is 13.8 Å². The van der Waals surface area contributed by atoms with Gasteiger partial charge in [0, 0.05) is 50.5 Å². The van der Waals surface area contributed by atoms with Crippen LogP contribution in [0.25, 0.3) is 22.1 Å². The Labute approximate surface area is 477 Å². The molecule has 0 amide bonds. The highest BCUT2D eigenvalue weighted by Gasteiger charge is 2.51. The van der Waals surface area contributed by atoms with Gasteiger partial charge in [0.1, 0.15) is 5.58 Å². The van der Waals surface area contributed by atoms with Gasteiger partial charge in [0.05, 0.1) is 22.7 Å². The molecule has 0 N–H and O–H groups in total. The molecular formula is C75H78BN3O. The lowest BCUT2D eigenvalue weighted by Gasteiger charge is -2.49. The van der Waals surface area contributed by atoms with Gasteiger partial charge < -0.3 is 19.1 Å². The molecule has 402 valence electrons. The van der Waals surface area contributed by atoms with Crippen LogP contribution in [0.4, 0.5) is 51.2 Å². The maximum atomic E-state index is 7.65. The van der Waals surface area contributed by atoms with E-state index in [9.17, 15) is 0 Å². The normalized spacial score (nSPS) is 18.8. The summed E-state index contributed by atoms with van der Waals surface area (Å²) in [5.74, 6) is 0. The summed E-state index contributed by atoms with van der Waals surface area (Å²) in [7, 11) is 0. The van der Waals surface area contributed by atoms with Crippen LogP contribution in [0.2, 0.25) is 0 Å². The summed E-state index contributed by atoms with van der Waals surface area (Å²) in [5.41, 5.74) is 29.3. The van der Waals surface area contributed by atoms with Gasteiger partial charge in [-0.25, -0.2) is 0 Å². The monoisotopic (exact) mass is 1050 g/mol. The Kier molecular flexibility index (Phi) is 10.8. The molecule has 5 heteroatoms. The van der Waals surface area contributed by atoms with E-state index in [4.69, 9.17) is 4.42 Å². The molecule has 4 heterocycles. The molecule has 4 bridgehead atoms. The molecule has 1 aromatic heterocycles. The van der Waals surface area contributed by atoms with Crippen molar-refractivity contribution < 1.29 is 4.42 Å². The molecule has 9 aromatic rings. The van der Waals surface area contributed by atoms with Gasteiger partial charge in [-0.1, -0.05) is 174 Å². The fourth-order valence-electron chi connectivity index (χ4n) is 14.8. The molecule has 0 saturated heterocycles. The van der Waals surface area contributed by atoms with Crippen molar-refractivity contribution in [3.63, 3.8) is 0 Å². The Bertz CT molecular complexity index is 4000. The van der Waals surface area contributed by atoms with E-state index in [1.807, 2.05) is 0 Å². The van der Waals surface area contributed by atoms with Gasteiger partial charge in [0.2, 0.25) is 0 Å². The van der Waals surface area contributed by atoms with Gasteiger partial charge in [0.25, 0.3) is 6.71 Å². The number of furan rings is 1. The lowest BCUT2D eigenvalue weighted by atomic mass is 9.35. The third-order valence-corrected chi connectivity index (χ3v) is 20.1. The molecule has 0 spiro atoms. The van der Waals surface area contributed by atoms with Gasteiger partial charge in [-0.15, -0.1) is 0 Å². The summed E-state index contributed by atoms with van der Waals surface area (Å²) in [6.45, 7) is 35.5. The zero-order valence-corrected chi connectivity index (χ0v) is 50.1. The zero-order chi connectivity index (χ0) is 56.0. The summed E-state index contributed by atoms with van der Waals surface area (Å²) in [6, 6.07) is 60.1. The number of benzene rings is 8. The Morgan fingerprint density at radius 2 is 1.04 bits per heavy atom. The van der Waals surface area contributed by atoms with Crippen molar-refractivity contribution in [1.82, 2.24) is 0 Å². The number of hydrogen-bond acceptors (Lipinski definition) is 4. The molecule has 4 nitrogen and oxygen atoms in total. The number of fused-ring (bicyclic) bond motifs is 13. The van der Waals surface area contributed by atoms with Crippen LogP contribution in [0.3, 0.4) is 0 Å². The maximum Gasteiger partial charge on any atom is 0.297 e. The molecule has 1 atom stereocenters. The minimum Gasteiger partial charge on any atom is -0.468 e. The summed E-state index contributed by atoms with van der Waals surface area (Å²) in [5, 5.41) is 1.14. The third kappa shape index (κ3) is 7.54. The van der Waals surface area contributed by atoms with Gasteiger partial charge >= 0.3 is 0 Å². The van der Waals surface area contributed by atoms with Crippen LogP contribution >= 0.6 is 0 Å². The van der Waals surface area contributed by atoms with Crippen molar-refractivity contribution in [2.75, 3.05) is 14.7 Å². The van der Waals surface area contributed by atoms with Gasteiger partial charge in [-0.05, 0) is 201 Å². The number of aryl methyl sites for hydroxylation is 2. The van der Waals surface area contributed by atoms with E-state index in [2.05, 4.69) is 270 Å². The molecule has 5 aliphatic rings. The standard InChI is InChI=1S/C75H78BN3O/c1-45-19-26-51(27-20-45)77(52-28-21-46(2)22-29-52)54-39-64-67-65(40-54)79-62-43-59-57(72(9,10)33-34-73(59,11)12)41-55(62)47-17-16-18-50(37-47)75(15)36-35-74(13,14)58-42-61(63(79)44-60(58)75)76(67)69-68(56-38-49(71(6,7)8)25-32-66(56)80-69)78(64)53-30-23-48(24-31-53)70(3,4)5/h16-32,37-44H,33-36H2,1-15H3. The number of hydrogen-bond donors (Lipinski definition) is 0. The predicted octanol–water partition coefficient (Wildman–Crippen LogP) is 18.9. The molecule has 80 heavy (non-hydrogen) atoms. The predicted molar refractivity (Wildman–Crippen MR) is 341 cm³/mol. The average Bonchev–Trinajstić information content (AvgIpc) is 3.96. The summed E-state index contributed by atoms with van der Waals surface area (Å²) in [4.78, 5) is 7.84. The molecule has 0 fully saturated rings. The van der Waals surface area contributed by atoms with E-state index >= 15 is 0 Å². The Morgan fingerprint density at radius 3 is 1.65 bits per heavy atom. The van der Waals surface area contributed by atoms with Crippen molar-refractivity contribution >= 4 is 85.5 Å². The van der Waals surface area contributed by atoms with E-state index in [1.165, 1.54) is 94.9 Å². The van der Waals surface area contributed by atoms with Gasteiger partial charge in [0.15, 0.2) is 0 Å². The highest BCUT2D eigenvalue weighted by molar-refractivity contribution is 7.00. The molecule has 0 radical (unpaired) electrons. The Morgan fingerprint density at radius 1 is 0.487 bits per heavy atom. The fourth-order valence-corrected chi connectivity index (χ4v) is 14.8. The van der Waals surface area contributed by atoms with Crippen molar-refractivity contribution in [2.24, 2.45) is 0 Å². The molecular weight excluding hydrogens is 970 g/mol. The van der Waals surface area contributed by atoms with Gasteiger partial charge in [-0.3, -0.25) is 0 Å². The van der Waals surface area contributed by atoms with Crippen molar-refractivity contribution in [1.29, 1.82) is 0 Å². The smallest absolute Gasteiger partial charge is 0.297 e. The summed E-state index contributed by atoms with van der Waals surface area (Å²) >= 11 is 0. The molecule has 14 rings (SSSR count). The minimum atomic E-state index is -0.218. The first-order chi connectivity index (χ1) is 37.8. The zero-order valence-electron chi connectivity index (χ0n) is 50.1. The molecule has 8 aromatic carbocycles. The molecule has 2 aliphatic carbocycles. The molecule has 3 aliphatic heterocycles. The van der Waals surface area contributed by atoms with Crippen molar-refractivity contribution in [3.8, 4) is 11.1 Å². The second-order valence-corrected chi connectivity index (χ2v) is 29.0. The van der Waals surface area contributed by atoms with Crippen LogP contribution in [-0.2, 0) is 32.5 Å². The summed E-state index contributed by atoms with van der Waals surface area (Å²) in [6.07, 6.45) is 4.43. The largest absolute Gasteiger partial charge is 0.468 e. The van der Waals surface area contributed by atoms with Crippen LogP contribution < -0.4 is 31.3 Å². The molecule has 0 saturated carbocycles. The van der Waals surface area contributed by atoms with Crippen LogP contribution in [0.15, 0.2) is 156 Å². The third-order valence-electron chi connectivity index (χ3n) is 20.1. The topological polar surface area (TPSA) is 22.9 Å². The quantitative estimate of drug-likeness (QED) is 0.164. The maximum absolute atomic E-state index is 7.65. The fraction of sp³-hybridized carbons (Fsp3) is 0.333. The van der Waals surface area contributed by atoms with Crippen molar-refractivity contribution in [3.05, 3.63) is 202 Å². The van der Waals surface area contributed by atoms with Crippen LogP contribution in [0.1, 0.15) is 166 Å².